The van der Waals surface area contributed by atoms with Gasteiger partial charge in [-0.25, -0.2) is 0 Å². The number of anilines is 2. The zero-order valence-electron chi connectivity index (χ0n) is 16.1. The number of pyridine rings is 1. The van der Waals surface area contributed by atoms with E-state index in [1.54, 1.807) is 30.5 Å². The van der Waals surface area contributed by atoms with Gasteiger partial charge in [0.15, 0.2) is 0 Å². The Hall–Kier alpha value is -4.32. The Labute approximate surface area is 173 Å². The molecule has 0 radical (unpaired) electrons. The van der Waals surface area contributed by atoms with E-state index in [0.29, 0.717) is 17.0 Å². The standard InChI is InChI=1S/C24H20N4O2/c25-22-20(16-7-3-1-4-8-16)15-27-24(29)21(22)23(26)28-17-11-13-19(14-12-17)30-18-9-5-2-6-10-18/h1-15H,(H2,26,28)(H3,25,27,29). The lowest BCUT2D eigenvalue weighted by atomic mass is 10.0. The van der Waals surface area contributed by atoms with Crippen LogP contribution >= 0.6 is 0 Å². The number of benzene rings is 3. The van der Waals surface area contributed by atoms with Crippen molar-refractivity contribution in [3.8, 4) is 22.6 Å². The first-order valence-electron chi connectivity index (χ1n) is 9.37. The van der Waals surface area contributed by atoms with E-state index in [1.165, 1.54) is 0 Å². The van der Waals surface area contributed by atoms with Gasteiger partial charge in [0.05, 0.1) is 5.69 Å². The Morgan fingerprint density at radius 3 is 2.13 bits per heavy atom. The third-order valence-corrected chi connectivity index (χ3v) is 4.57. The molecule has 0 bridgehead atoms. The normalized spacial score (nSPS) is 10.4. The van der Waals surface area contributed by atoms with E-state index in [4.69, 9.17) is 15.9 Å². The van der Waals surface area contributed by atoms with Crippen LogP contribution in [0.25, 0.3) is 11.1 Å². The molecule has 6 heteroatoms. The van der Waals surface area contributed by atoms with Crippen LogP contribution in [0.15, 0.2) is 95.9 Å². The number of nitrogens with one attached hydrogen (secondary N) is 3. The predicted molar refractivity (Wildman–Crippen MR) is 120 cm³/mol. The van der Waals surface area contributed by atoms with E-state index >= 15 is 0 Å². The molecule has 0 aliphatic carbocycles. The number of nitrogen functional groups attached to an aromatic ring is 1. The summed E-state index contributed by atoms with van der Waals surface area (Å²) in [5.74, 6) is 1.33. The molecule has 0 amide bonds. The second kappa shape index (κ2) is 8.36. The van der Waals surface area contributed by atoms with Crippen molar-refractivity contribution in [1.29, 1.82) is 5.41 Å². The third kappa shape index (κ3) is 4.07. The number of amidine groups is 1. The highest BCUT2D eigenvalue weighted by Gasteiger charge is 2.16. The van der Waals surface area contributed by atoms with Crippen LogP contribution in [0.5, 0.6) is 11.5 Å². The van der Waals surface area contributed by atoms with Gasteiger partial charge in [0.1, 0.15) is 22.9 Å². The largest absolute Gasteiger partial charge is 0.457 e. The van der Waals surface area contributed by atoms with Crippen LogP contribution in [0.1, 0.15) is 5.56 Å². The van der Waals surface area contributed by atoms with Gasteiger partial charge in [0.2, 0.25) is 0 Å². The lowest BCUT2D eigenvalue weighted by Gasteiger charge is -2.13. The fourth-order valence-corrected chi connectivity index (χ4v) is 3.09. The van der Waals surface area contributed by atoms with E-state index in [2.05, 4.69) is 10.3 Å². The van der Waals surface area contributed by atoms with Gasteiger partial charge in [-0.15, -0.1) is 0 Å². The molecule has 0 aliphatic heterocycles. The van der Waals surface area contributed by atoms with Crippen molar-refractivity contribution in [3.05, 3.63) is 107 Å². The maximum Gasteiger partial charge on any atom is 0.261 e. The van der Waals surface area contributed by atoms with Crippen molar-refractivity contribution in [2.24, 2.45) is 0 Å². The topological polar surface area (TPSA) is 104 Å². The van der Waals surface area contributed by atoms with Gasteiger partial charge in [-0.3, -0.25) is 10.2 Å². The number of aromatic amines is 1. The monoisotopic (exact) mass is 396 g/mol. The second-order valence-electron chi connectivity index (χ2n) is 6.63. The van der Waals surface area contributed by atoms with E-state index in [-0.39, 0.29) is 17.1 Å². The first kappa shape index (κ1) is 19.0. The van der Waals surface area contributed by atoms with Crippen LogP contribution in [-0.2, 0) is 0 Å². The minimum atomic E-state index is -0.422. The zero-order valence-corrected chi connectivity index (χ0v) is 16.1. The molecule has 3 aromatic carbocycles. The third-order valence-electron chi connectivity index (χ3n) is 4.57. The van der Waals surface area contributed by atoms with Gasteiger partial charge in [0.25, 0.3) is 5.56 Å². The Morgan fingerprint density at radius 1 is 0.867 bits per heavy atom. The number of H-pyrrole nitrogens is 1. The van der Waals surface area contributed by atoms with Gasteiger partial charge in [-0.1, -0.05) is 48.5 Å². The summed E-state index contributed by atoms with van der Waals surface area (Å²) in [4.78, 5) is 15.1. The molecule has 4 rings (SSSR count). The lowest BCUT2D eigenvalue weighted by molar-refractivity contribution is 0.483. The molecular formula is C24H20N4O2. The molecule has 0 atom stereocenters. The van der Waals surface area contributed by atoms with Gasteiger partial charge >= 0.3 is 0 Å². The van der Waals surface area contributed by atoms with Crippen LogP contribution in [0, 0.1) is 5.41 Å². The zero-order chi connectivity index (χ0) is 20.9. The van der Waals surface area contributed by atoms with Crippen LogP contribution in [0.3, 0.4) is 0 Å². The van der Waals surface area contributed by atoms with E-state index in [0.717, 1.165) is 11.3 Å². The van der Waals surface area contributed by atoms with Crippen LogP contribution in [-0.4, -0.2) is 10.8 Å². The minimum Gasteiger partial charge on any atom is -0.457 e. The van der Waals surface area contributed by atoms with Crippen LogP contribution < -0.4 is 21.3 Å². The van der Waals surface area contributed by atoms with Gasteiger partial charge in [0, 0.05) is 17.4 Å². The molecule has 0 saturated heterocycles. The van der Waals surface area contributed by atoms with Crippen LogP contribution in [0.2, 0.25) is 0 Å². The Balaban J connectivity index is 1.55. The number of rotatable bonds is 5. The fraction of sp³-hybridized carbons (Fsp3) is 0. The molecule has 5 N–H and O–H groups in total. The summed E-state index contributed by atoms with van der Waals surface area (Å²) < 4.78 is 5.77. The molecule has 4 aromatic rings. The highest BCUT2D eigenvalue weighted by molar-refractivity contribution is 6.10. The number of aromatic nitrogens is 1. The maximum atomic E-state index is 12.4. The van der Waals surface area contributed by atoms with Crippen molar-refractivity contribution < 1.29 is 4.74 Å². The average Bonchev–Trinajstić information content (AvgIpc) is 2.76. The first-order chi connectivity index (χ1) is 14.6. The van der Waals surface area contributed by atoms with Crippen molar-refractivity contribution in [2.75, 3.05) is 11.1 Å². The summed E-state index contributed by atoms with van der Waals surface area (Å²) in [6, 6.07) is 26.1. The lowest BCUT2D eigenvalue weighted by Crippen LogP contribution is -2.25. The molecule has 1 heterocycles. The molecule has 0 unspecified atom stereocenters. The first-order valence-corrected chi connectivity index (χ1v) is 9.37. The second-order valence-corrected chi connectivity index (χ2v) is 6.63. The predicted octanol–water partition coefficient (Wildman–Crippen LogP) is 4.85. The number of para-hydroxylation sites is 1. The number of nitrogens with two attached hydrogens (primary N) is 1. The molecule has 0 spiro atoms. The summed E-state index contributed by atoms with van der Waals surface area (Å²) in [6.45, 7) is 0. The SMILES string of the molecule is N=C(Nc1ccc(Oc2ccccc2)cc1)c1c(N)c(-c2ccccc2)c[nH]c1=O. The molecule has 148 valence electrons. The summed E-state index contributed by atoms with van der Waals surface area (Å²) >= 11 is 0. The highest BCUT2D eigenvalue weighted by Crippen LogP contribution is 2.27. The number of ether oxygens (including phenoxy) is 1. The summed E-state index contributed by atoms with van der Waals surface area (Å²) in [6.07, 6.45) is 1.57. The molecule has 30 heavy (non-hydrogen) atoms. The van der Waals surface area contributed by atoms with Crippen molar-refractivity contribution >= 4 is 17.2 Å². The van der Waals surface area contributed by atoms with Gasteiger partial charge in [-0.05, 0) is 42.0 Å². The molecule has 0 aliphatic rings. The summed E-state index contributed by atoms with van der Waals surface area (Å²) in [5, 5.41) is 11.3. The van der Waals surface area contributed by atoms with Crippen molar-refractivity contribution in [3.63, 3.8) is 0 Å². The Bertz CT molecular complexity index is 1220. The Kier molecular flexibility index (Phi) is 5.30. The van der Waals surface area contributed by atoms with E-state index in [1.807, 2.05) is 60.7 Å². The molecular weight excluding hydrogens is 376 g/mol. The maximum absolute atomic E-state index is 12.4. The van der Waals surface area contributed by atoms with Gasteiger partial charge < -0.3 is 20.8 Å². The molecule has 1 aromatic heterocycles. The average molecular weight is 396 g/mol. The van der Waals surface area contributed by atoms with E-state index in [9.17, 15) is 4.79 Å². The fourth-order valence-electron chi connectivity index (χ4n) is 3.09. The molecule has 0 fully saturated rings. The smallest absolute Gasteiger partial charge is 0.261 e. The molecule has 0 saturated carbocycles. The van der Waals surface area contributed by atoms with Gasteiger partial charge in [-0.2, -0.15) is 0 Å². The van der Waals surface area contributed by atoms with Crippen molar-refractivity contribution in [1.82, 2.24) is 4.98 Å². The number of hydrogen-bond donors (Lipinski definition) is 4. The van der Waals surface area contributed by atoms with Crippen molar-refractivity contribution in [2.45, 2.75) is 0 Å². The minimum absolute atomic E-state index is 0.0803. The van der Waals surface area contributed by atoms with E-state index < -0.39 is 5.56 Å². The quantitative estimate of drug-likeness (QED) is 0.286. The number of hydrogen-bond acceptors (Lipinski definition) is 4. The van der Waals surface area contributed by atoms with Crippen LogP contribution in [0.4, 0.5) is 11.4 Å². The highest BCUT2D eigenvalue weighted by atomic mass is 16.5. The Morgan fingerprint density at radius 2 is 1.47 bits per heavy atom. The summed E-state index contributed by atoms with van der Waals surface area (Å²) in [7, 11) is 0. The summed E-state index contributed by atoms with van der Waals surface area (Å²) in [5.41, 5.74) is 8.37. The molecule has 6 nitrogen and oxygen atoms in total.